The lowest BCUT2D eigenvalue weighted by Crippen LogP contribution is -2.30. The number of nitrogens with zero attached hydrogens (tertiary/aromatic N) is 2. The summed E-state index contributed by atoms with van der Waals surface area (Å²) in [5.74, 6) is -0.350. The molecule has 0 bridgehead atoms. The van der Waals surface area contributed by atoms with E-state index in [9.17, 15) is 9.59 Å². The summed E-state index contributed by atoms with van der Waals surface area (Å²) in [5.41, 5.74) is 0.630. The summed E-state index contributed by atoms with van der Waals surface area (Å²) in [6, 6.07) is 0. The fourth-order valence-corrected chi connectivity index (χ4v) is 2.83. The molecule has 110 valence electrons. The maximum Gasteiger partial charge on any atom is 0.311 e. The lowest BCUT2D eigenvalue weighted by atomic mass is 10.3. The van der Waals surface area contributed by atoms with Crippen molar-refractivity contribution in [2.45, 2.75) is 26.2 Å². The van der Waals surface area contributed by atoms with E-state index >= 15 is 0 Å². The van der Waals surface area contributed by atoms with Gasteiger partial charge >= 0.3 is 5.97 Å². The summed E-state index contributed by atoms with van der Waals surface area (Å²) in [6.07, 6.45) is 2.47. The maximum atomic E-state index is 11.8. The summed E-state index contributed by atoms with van der Waals surface area (Å²) in [4.78, 5) is 29.5. The number of esters is 1. The van der Waals surface area contributed by atoms with Gasteiger partial charge < -0.3 is 10.1 Å². The monoisotopic (exact) mass is 297 g/mol. The highest BCUT2D eigenvalue weighted by Crippen LogP contribution is 2.16. The first-order valence-corrected chi connectivity index (χ1v) is 7.67. The third kappa shape index (κ3) is 4.57. The molecule has 0 aliphatic carbocycles. The fourth-order valence-electron chi connectivity index (χ4n) is 2.11. The number of rotatable bonds is 6. The second kappa shape index (κ2) is 7.35. The number of nitrogens with one attached hydrogen (secondary N) is 1. The number of amides is 1. The first-order chi connectivity index (χ1) is 9.67. The quantitative estimate of drug-likeness (QED) is 0.801. The van der Waals surface area contributed by atoms with E-state index in [1.165, 1.54) is 11.3 Å². The van der Waals surface area contributed by atoms with Crippen molar-refractivity contribution in [2.24, 2.45) is 0 Å². The molecule has 1 saturated heterocycles. The van der Waals surface area contributed by atoms with E-state index in [-0.39, 0.29) is 18.3 Å². The van der Waals surface area contributed by atoms with Crippen LogP contribution in [0.15, 0.2) is 5.38 Å². The van der Waals surface area contributed by atoms with Gasteiger partial charge in [0.05, 0.1) is 25.3 Å². The normalized spacial score (nSPS) is 15.2. The molecule has 0 atom stereocenters. The van der Waals surface area contributed by atoms with E-state index in [4.69, 9.17) is 4.74 Å². The number of carbonyl (C=O) groups is 2. The molecule has 0 unspecified atom stereocenters. The van der Waals surface area contributed by atoms with E-state index in [2.05, 4.69) is 15.2 Å². The van der Waals surface area contributed by atoms with Gasteiger partial charge in [0.15, 0.2) is 5.13 Å². The Morgan fingerprint density at radius 3 is 2.90 bits per heavy atom. The highest BCUT2D eigenvalue weighted by Gasteiger charge is 2.16. The molecule has 0 radical (unpaired) electrons. The molecule has 20 heavy (non-hydrogen) atoms. The Balaban J connectivity index is 1.79. The largest absolute Gasteiger partial charge is 0.466 e. The van der Waals surface area contributed by atoms with Crippen LogP contribution in [-0.4, -0.2) is 48.0 Å². The molecule has 1 N–H and O–H groups in total. The highest BCUT2D eigenvalue weighted by molar-refractivity contribution is 7.13. The molecule has 1 aromatic rings. The van der Waals surface area contributed by atoms with Gasteiger partial charge in [0, 0.05) is 5.38 Å². The SMILES string of the molecule is CCOC(=O)Cc1csc(NC(=O)CN2CCCC2)n1. The average molecular weight is 297 g/mol. The average Bonchev–Trinajstić information content (AvgIpc) is 3.02. The van der Waals surface area contributed by atoms with Crippen LogP contribution in [0.25, 0.3) is 0 Å². The van der Waals surface area contributed by atoms with E-state index in [1.54, 1.807) is 12.3 Å². The van der Waals surface area contributed by atoms with Gasteiger partial charge in [0.2, 0.25) is 5.91 Å². The Kier molecular flexibility index (Phi) is 5.49. The first kappa shape index (κ1) is 14.9. The molecule has 7 heteroatoms. The number of ether oxygens (including phenoxy) is 1. The molecule has 2 rings (SSSR count). The predicted octanol–water partition coefficient (Wildman–Crippen LogP) is 1.28. The van der Waals surface area contributed by atoms with E-state index in [1.807, 2.05) is 0 Å². The summed E-state index contributed by atoms with van der Waals surface area (Å²) in [5, 5.41) is 5.07. The lowest BCUT2D eigenvalue weighted by molar-refractivity contribution is -0.142. The predicted molar refractivity (Wildman–Crippen MR) is 76.8 cm³/mol. The molecule has 0 spiro atoms. The molecule has 6 nitrogen and oxygen atoms in total. The van der Waals surface area contributed by atoms with Crippen LogP contribution in [-0.2, 0) is 20.7 Å². The van der Waals surface area contributed by atoms with Gasteiger partial charge in [-0.05, 0) is 32.9 Å². The van der Waals surface area contributed by atoms with Crippen molar-refractivity contribution in [1.82, 2.24) is 9.88 Å². The summed E-state index contributed by atoms with van der Waals surface area (Å²) >= 11 is 1.33. The minimum atomic E-state index is -0.298. The third-order valence-electron chi connectivity index (χ3n) is 2.99. The summed E-state index contributed by atoms with van der Waals surface area (Å²) in [6.45, 7) is 4.51. The van der Waals surface area contributed by atoms with Gasteiger partial charge in [-0.25, -0.2) is 4.98 Å². The lowest BCUT2D eigenvalue weighted by Gasteiger charge is -2.12. The van der Waals surface area contributed by atoms with Crippen molar-refractivity contribution >= 4 is 28.3 Å². The first-order valence-electron chi connectivity index (χ1n) is 6.79. The van der Waals surface area contributed by atoms with E-state index < -0.39 is 0 Å². The number of likely N-dealkylation sites (tertiary alicyclic amines) is 1. The van der Waals surface area contributed by atoms with Gasteiger partial charge in [0.1, 0.15) is 0 Å². The summed E-state index contributed by atoms with van der Waals surface area (Å²) < 4.78 is 4.86. The Hall–Kier alpha value is -1.47. The molecule has 1 aliphatic rings. The standard InChI is InChI=1S/C13H19N3O3S/c1-2-19-12(18)7-10-9-20-13(14-10)15-11(17)8-16-5-3-4-6-16/h9H,2-8H2,1H3,(H,14,15,17). The molecule has 1 aliphatic heterocycles. The zero-order valence-corrected chi connectivity index (χ0v) is 12.4. The van der Waals surface area contributed by atoms with Crippen molar-refractivity contribution < 1.29 is 14.3 Å². The molecule has 1 fully saturated rings. The van der Waals surface area contributed by atoms with E-state index in [0.29, 0.717) is 24.0 Å². The van der Waals surface area contributed by atoms with Crippen LogP contribution in [0.3, 0.4) is 0 Å². The Morgan fingerprint density at radius 2 is 2.20 bits per heavy atom. The number of anilines is 1. The van der Waals surface area contributed by atoms with Crippen LogP contribution in [0.1, 0.15) is 25.5 Å². The molecule has 1 aromatic heterocycles. The smallest absolute Gasteiger partial charge is 0.311 e. The molecular formula is C13H19N3O3S. The second-order valence-electron chi connectivity index (χ2n) is 4.66. The Bertz CT molecular complexity index is 469. The van der Waals surface area contributed by atoms with Crippen molar-refractivity contribution in [3.8, 4) is 0 Å². The van der Waals surface area contributed by atoms with Crippen LogP contribution in [0.5, 0.6) is 0 Å². The third-order valence-corrected chi connectivity index (χ3v) is 3.80. The molecule has 0 aromatic carbocycles. The van der Waals surface area contributed by atoms with Gasteiger partial charge in [-0.2, -0.15) is 0 Å². The van der Waals surface area contributed by atoms with Gasteiger partial charge in [-0.1, -0.05) is 0 Å². The minimum Gasteiger partial charge on any atom is -0.466 e. The zero-order chi connectivity index (χ0) is 14.4. The van der Waals surface area contributed by atoms with Crippen LogP contribution in [0.4, 0.5) is 5.13 Å². The fraction of sp³-hybridized carbons (Fsp3) is 0.615. The van der Waals surface area contributed by atoms with Gasteiger partial charge in [-0.3, -0.25) is 14.5 Å². The van der Waals surface area contributed by atoms with Crippen LogP contribution < -0.4 is 5.32 Å². The number of hydrogen-bond acceptors (Lipinski definition) is 6. The molecule has 0 saturated carbocycles. The van der Waals surface area contributed by atoms with Crippen molar-refractivity contribution in [1.29, 1.82) is 0 Å². The number of aromatic nitrogens is 1. The van der Waals surface area contributed by atoms with Crippen molar-refractivity contribution in [2.75, 3.05) is 31.6 Å². The van der Waals surface area contributed by atoms with Gasteiger partial charge in [0.25, 0.3) is 0 Å². The number of thiazole rings is 1. The molecule has 1 amide bonds. The van der Waals surface area contributed by atoms with Gasteiger partial charge in [-0.15, -0.1) is 11.3 Å². The molecular weight excluding hydrogens is 278 g/mol. The zero-order valence-electron chi connectivity index (χ0n) is 11.6. The maximum absolute atomic E-state index is 11.8. The highest BCUT2D eigenvalue weighted by atomic mass is 32.1. The number of hydrogen-bond donors (Lipinski definition) is 1. The minimum absolute atomic E-state index is 0.0519. The van der Waals surface area contributed by atoms with E-state index in [0.717, 1.165) is 25.9 Å². The molecule has 2 heterocycles. The van der Waals surface area contributed by atoms with Crippen LogP contribution in [0, 0.1) is 0 Å². The van der Waals surface area contributed by atoms with Crippen LogP contribution in [0.2, 0.25) is 0 Å². The Morgan fingerprint density at radius 1 is 1.45 bits per heavy atom. The topological polar surface area (TPSA) is 71.5 Å². The Labute approximate surface area is 122 Å². The van der Waals surface area contributed by atoms with Crippen molar-refractivity contribution in [3.05, 3.63) is 11.1 Å². The number of carbonyl (C=O) groups excluding carboxylic acids is 2. The summed E-state index contributed by atoms with van der Waals surface area (Å²) in [7, 11) is 0. The second-order valence-corrected chi connectivity index (χ2v) is 5.52. The van der Waals surface area contributed by atoms with Crippen LogP contribution >= 0.6 is 11.3 Å². The van der Waals surface area contributed by atoms with Crippen molar-refractivity contribution in [3.63, 3.8) is 0 Å².